The van der Waals surface area contributed by atoms with E-state index < -0.39 is 0 Å². The normalized spacial score (nSPS) is 11.0. The van der Waals surface area contributed by atoms with Gasteiger partial charge in [0.2, 0.25) is 5.95 Å². The van der Waals surface area contributed by atoms with Crippen LogP contribution in [0.4, 0.5) is 5.95 Å². The molecule has 0 saturated carbocycles. The van der Waals surface area contributed by atoms with Crippen LogP contribution in [-0.4, -0.2) is 26.4 Å². The van der Waals surface area contributed by atoms with Gasteiger partial charge in [0.05, 0.1) is 5.56 Å². The lowest BCUT2D eigenvalue weighted by Gasteiger charge is -2.20. The highest BCUT2D eigenvalue weighted by Crippen LogP contribution is 2.09. The molecule has 110 valence electrons. The molecule has 0 atom stereocenters. The first-order chi connectivity index (χ1) is 9.94. The minimum absolute atomic E-state index is 0.120. The number of hydrogen-bond donors (Lipinski definition) is 2. The van der Waals surface area contributed by atoms with Crippen LogP contribution in [0.5, 0.6) is 0 Å². The molecule has 21 heavy (non-hydrogen) atoms. The van der Waals surface area contributed by atoms with Crippen molar-refractivity contribution in [2.24, 2.45) is 0 Å². The lowest BCUT2D eigenvalue weighted by Crippen LogP contribution is -2.28. The molecule has 1 amide bonds. The van der Waals surface area contributed by atoms with Gasteiger partial charge in [-0.2, -0.15) is 0 Å². The fourth-order valence-corrected chi connectivity index (χ4v) is 1.63. The third-order valence-electron chi connectivity index (χ3n) is 2.60. The van der Waals surface area contributed by atoms with Crippen molar-refractivity contribution in [2.75, 3.05) is 5.32 Å². The molecular formula is C15H19N5O. The highest BCUT2D eigenvalue weighted by atomic mass is 16.1. The van der Waals surface area contributed by atoms with Crippen LogP contribution in [0.25, 0.3) is 0 Å². The average Bonchev–Trinajstić information content (AvgIpc) is 2.45. The third-order valence-corrected chi connectivity index (χ3v) is 2.60. The van der Waals surface area contributed by atoms with E-state index in [1.807, 2.05) is 32.9 Å². The Bertz CT molecular complexity index is 590. The molecule has 0 saturated heterocycles. The SMILES string of the molecule is CC(C)(C)Nc1ncc(C(=O)NCc2ccncc2)cn1. The summed E-state index contributed by atoms with van der Waals surface area (Å²) in [5, 5.41) is 5.96. The van der Waals surface area contributed by atoms with Crippen LogP contribution in [-0.2, 0) is 6.54 Å². The second-order valence-electron chi connectivity index (χ2n) is 5.71. The van der Waals surface area contributed by atoms with Gasteiger partial charge in [-0.3, -0.25) is 9.78 Å². The van der Waals surface area contributed by atoms with Gasteiger partial charge in [0, 0.05) is 36.9 Å². The predicted octanol–water partition coefficient (Wildman–Crippen LogP) is 2.01. The van der Waals surface area contributed by atoms with Crippen molar-refractivity contribution in [1.29, 1.82) is 0 Å². The first kappa shape index (κ1) is 14.9. The molecule has 2 heterocycles. The molecule has 2 rings (SSSR count). The topological polar surface area (TPSA) is 79.8 Å². The summed E-state index contributed by atoms with van der Waals surface area (Å²) in [6.45, 7) is 6.51. The van der Waals surface area contributed by atoms with Gasteiger partial charge < -0.3 is 10.6 Å². The van der Waals surface area contributed by atoms with Gasteiger partial charge >= 0.3 is 0 Å². The first-order valence-corrected chi connectivity index (χ1v) is 6.71. The van der Waals surface area contributed by atoms with Crippen molar-refractivity contribution in [2.45, 2.75) is 32.9 Å². The maximum Gasteiger partial charge on any atom is 0.254 e. The number of anilines is 1. The molecule has 0 bridgehead atoms. The summed E-state index contributed by atoms with van der Waals surface area (Å²) < 4.78 is 0. The minimum atomic E-state index is -0.200. The molecule has 0 aliphatic heterocycles. The number of aromatic nitrogens is 3. The van der Waals surface area contributed by atoms with Crippen LogP contribution in [0.1, 0.15) is 36.7 Å². The number of rotatable bonds is 4. The van der Waals surface area contributed by atoms with Gasteiger partial charge in [0.15, 0.2) is 0 Å². The molecule has 0 fully saturated rings. The van der Waals surface area contributed by atoms with Crippen molar-refractivity contribution < 1.29 is 4.79 Å². The number of carbonyl (C=O) groups is 1. The maximum absolute atomic E-state index is 12.0. The van der Waals surface area contributed by atoms with Crippen molar-refractivity contribution >= 4 is 11.9 Å². The van der Waals surface area contributed by atoms with Gasteiger partial charge in [-0.05, 0) is 38.5 Å². The Hall–Kier alpha value is -2.50. The summed E-state index contributed by atoms with van der Waals surface area (Å²) in [5.41, 5.74) is 1.30. The number of nitrogens with zero attached hydrogens (tertiary/aromatic N) is 3. The number of amides is 1. The predicted molar refractivity (Wildman–Crippen MR) is 80.8 cm³/mol. The molecule has 0 aliphatic rings. The number of carbonyl (C=O) groups excluding carboxylic acids is 1. The number of pyridine rings is 1. The molecule has 6 heteroatoms. The van der Waals surface area contributed by atoms with Gasteiger partial charge in [0.25, 0.3) is 5.91 Å². The number of nitrogens with one attached hydrogen (secondary N) is 2. The van der Waals surface area contributed by atoms with Crippen LogP contribution >= 0.6 is 0 Å². The summed E-state index contributed by atoms with van der Waals surface area (Å²) in [7, 11) is 0. The Balaban J connectivity index is 1.94. The van der Waals surface area contributed by atoms with Crippen LogP contribution in [0.15, 0.2) is 36.9 Å². The van der Waals surface area contributed by atoms with Crippen molar-refractivity contribution in [3.63, 3.8) is 0 Å². The molecule has 0 unspecified atom stereocenters. The summed E-state index contributed by atoms with van der Waals surface area (Å²) in [4.78, 5) is 24.2. The lowest BCUT2D eigenvalue weighted by molar-refractivity contribution is 0.0950. The molecule has 2 N–H and O–H groups in total. The summed E-state index contributed by atoms with van der Waals surface area (Å²) in [6, 6.07) is 3.71. The van der Waals surface area contributed by atoms with Gasteiger partial charge in [-0.15, -0.1) is 0 Å². The average molecular weight is 285 g/mol. The second-order valence-corrected chi connectivity index (χ2v) is 5.71. The van der Waals surface area contributed by atoms with Crippen LogP contribution < -0.4 is 10.6 Å². The summed E-state index contributed by atoms with van der Waals surface area (Å²) in [6.07, 6.45) is 6.42. The largest absolute Gasteiger partial charge is 0.350 e. The molecule has 0 radical (unpaired) electrons. The third kappa shape index (κ3) is 4.83. The standard InChI is InChI=1S/C15H19N5O/c1-15(2,3)20-14-18-9-12(10-19-14)13(21)17-8-11-4-6-16-7-5-11/h4-7,9-10H,8H2,1-3H3,(H,17,21)(H,18,19,20). The van der Waals surface area contributed by atoms with Gasteiger partial charge in [-0.1, -0.05) is 0 Å². The Morgan fingerprint density at radius 1 is 1.14 bits per heavy atom. The fourth-order valence-electron chi connectivity index (χ4n) is 1.63. The smallest absolute Gasteiger partial charge is 0.254 e. The van der Waals surface area contributed by atoms with Crippen molar-refractivity contribution in [3.8, 4) is 0 Å². The van der Waals surface area contributed by atoms with E-state index in [2.05, 4.69) is 25.6 Å². The second kappa shape index (κ2) is 6.30. The van der Waals surface area contributed by atoms with Crippen LogP contribution in [0.3, 0.4) is 0 Å². The van der Waals surface area contributed by atoms with Gasteiger partial charge in [-0.25, -0.2) is 9.97 Å². The Morgan fingerprint density at radius 3 is 2.33 bits per heavy atom. The monoisotopic (exact) mass is 285 g/mol. The highest BCUT2D eigenvalue weighted by Gasteiger charge is 2.12. The van der Waals surface area contributed by atoms with E-state index in [1.54, 1.807) is 12.4 Å². The molecule has 6 nitrogen and oxygen atoms in total. The summed E-state index contributed by atoms with van der Waals surface area (Å²) in [5.74, 6) is 0.308. The zero-order valence-electron chi connectivity index (χ0n) is 12.4. The zero-order chi connectivity index (χ0) is 15.3. The lowest BCUT2D eigenvalue weighted by atomic mass is 10.1. The fraction of sp³-hybridized carbons (Fsp3) is 0.333. The van der Waals surface area contributed by atoms with Crippen LogP contribution in [0.2, 0.25) is 0 Å². The molecule has 0 aliphatic carbocycles. The van der Waals surface area contributed by atoms with Crippen LogP contribution in [0, 0.1) is 0 Å². The molecule has 2 aromatic heterocycles. The zero-order valence-corrected chi connectivity index (χ0v) is 12.4. The van der Waals surface area contributed by atoms with E-state index in [1.165, 1.54) is 12.4 Å². The van der Waals surface area contributed by atoms with E-state index in [-0.39, 0.29) is 11.4 Å². The van der Waals surface area contributed by atoms with E-state index in [0.717, 1.165) is 5.56 Å². The summed E-state index contributed by atoms with van der Waals surface area (Å²) >= 11 is 0. The molecule has 2 aromatic rings. The van der Waals surface area contributed by atoms with Crippen molar-refractivity contribution in [3.05, 3.63) is 48.0 Å². The quantitative estimate of drug-likeness (QED) is 0.898. The molecular weight excluding hydrogens is 266 g/mol. The Kier molecular flexibility index (Phi) is 4.47. The maximum atomic E-state index is 12.0. The first-order valence-electron chi connectivity index (χ1n) is 6.71. The molecule has 0 spiro atoms. The van der Waals surface area contributed by atoms with Crippen molar-refractivity contribution in [1.82, 2.24) is 20.3 Å². The Labute approximate surface area is 124 Å². The molecule has 0 aromatic carbocycles. The van der Waals surface area contributed by atoms with E-state index in [0.29, 0.717) is 18.1 Å². The highest BCUT2D eigenvalue weighted by molar-refractivity contribution is 5.93. The van der Waals surface area contributed by atoms with Gasteiger partial charge in [0.1, 0.15) is 0 Å². The number of hydrogen-bond acceptors (Lipinski definition) is 5. The van der Waals surface area contributed by atoms with E-state index >= 15 is 0 Å². The van der Waals surface area contributed by atoms with E-state index in [9.17, 15) is 4.79 Å². The minimum Gasteiger partial charge on any atom is -0.350 e. The Morgan fingerprint density at radius 2 is 1.76 bits per heavy atom. The van der Waals surface area contributed by atoms with E-state index in [4.69, 9.17) is 0 Å².